The van der Waals surface area contributed by atoms with Crippen LogP contribution < -0.4 is 5.56 Å². The highest BCUT2D eigenvalue weighted by molar-refractivity contribution is 5.76. The van der Waals surface area contributed by atoms with Crippen LogP contribution >= 0.6 is 0 Å². The van der Waals surface area contributed by atoms with E-state index < -0.39 is 0 Å². The van der Waals surface area contributed by atoms with E-state index in [0.29, 0.717) is 35.8 Å². The number of hydrogen-bond donors (Lipinski definition) is 1. The smallest absolute Gasteiger partial charge is 0.254 e. The third-order valence-corrected chi connectivity index (χ3v) is 4.38. The van der Waals surface area contributed by atoms with E-state index in [4.69, 9.17) is 0 Å². The van der Waals surface area contributed by atoms with E-state index >= 15 is 0 Å². The summed E-state index contributed by atoms with van der Waals surface area (Å²) in [5.41, 5.74) is 1.21. The van der Waals surface area contributed by atoms with Crippen molar-refractivity contribution in [3.63, 3.8) is 0 Å². The van der Waals surface area contributed by atoms with Gasteiger partial charge >= 0.3 is 0 Å². The zero-order valence-corrected chi connectivity index (χ0v) is 14.0. The van der Waals surface area contributed by atoms with Gasteiger partial charge in [0.25, 0.3) is 5.56 Å². The lowest BCUT2D eigenvalue weighted by atomic mass is 10.1. The van der Waals surface area contributed by atoms with Crippen LogP contribution in [-0.4, -0.2) is 59.4 Å². The van der Waals surface area contributed by atoms with Crippen molar-refractivity contribution < 1.29 is 4.79 Å². The summed E-state index contributed by atoms with van der Waals surface area (Å²) in [5.74, 6) is 1.26. The maximum atomic E-state index is 12.3. The van der Waals surface area contributed by atoms with Crippen molar-refractivity contribution in [2.45, 2.75) is 33.1 Å². The Bertz CT molecular complexity index is 596. The summed E-state index contributed by atoms with van der Waals surface area (Å²) in [6.45, 7) is 6.54. The Labute approximate surface area is 131 Å². The van der Waals surface area contributed by atoms with Crippen molar-refractivity contribution in [2.75, 3.05) is 33.7 Å². The molecule has 1 aromatic heterocycles. The summed E-state index contributed by atoms with van der Waals surface area (Å²) in [5, 5.41) is 0. The van der Waals surface area contributed by atoms with Gasteiger partial charge in [-0.05, 0) is 46.2 Å². The number of likely N-dealkylation sites (tertiary alicyclic amines) is 1. The van der Waals surface area contributed by atoms with Crippen LogP contribution in [0.4, 0.5) is 0 Å². The molecule has 0 saturated carbocycles. The fraction of sp³-hybridized carbons (Fsp3) is 0.688. The molecule has 1 unspecified atom stereocenters. The van der Waals surface area contributed by atoms with Crippen LogP contribution in [0, 0.1) is 19.8 Å². The van der Waals surface area contributed by atoms with Gasteiger partial charge in [0.15, 0.2) is 0 Å². The van der Waals surface area contributed by atoms with E-state index in [-0.39, 0.29) is 11.5 Å². The van der Waals surface area contributed by atoms with Crippen LogP contribution in [-0.2, 0) is 11.2 Å². The van der Waals surface area contributed by atoms with Crippen LogP contribution in [0.5, 0.6) is 0 Å². The molecule has 1 N–H and O–H groups in total. The van der Waals surface area contributed by atoms with Gasteiger partial charge in [0.05, 0.1) is 0 Å². The molecule has 1 aliphatic heterocycles. The van der Waals surface area contributed by atoms with Gasteiger partial charge in [-0.15, -0.1) is 0 Å². The number of rotatable bonds is 5. The van der Waals surface area contributed by atoms with Crippen LogP contribution in [0.3, 0.4) is 0 Å². The summed E-state index contributed by atoms with van der Waals surface area (Å²) >= 11 is 0. The van der Waals surface area contributed by atoms with Crippen molar-refractivity contribution in [2.24, 2.45) is 5.92 Å². The summed E-state index contributed by atoms with van der Waals surface area (Å²) < 4.78 is 0. The molecule has 1 fully saturated rings. The number of amides is 1. The van der Waals surface area contributed by atoms with Crippen LogP contribution in [0.15, 0.2) is 4.79 Å². The molecule has 1 aliphatic rings. The third kappa shape index (κ3) is 4.16. The molecular weight excluding hydrogens is 280 g/mol. The number of nitrogens with one attached hydrogen (secondary N) is 1. The molecule has 2 heterocycles. The lowest BCUT2D eigenvalue weighted by Crippen LogP contribution is -2.33. The van der Waals surface area contributed by atoms with Crippen molar-refractivity contribution >= 4 is 5.91 Å². The summed E-state index contributed by atoms with van der Waals surface area (Å²) in [7, 11) is 3.96. The van der Waals surface area contributed by atoms with Gasteiger partial charge in [0.1, 0.15) is 5.82 Å². The molecule has 22 heavy (non-hydrogen) atoms. The second-order valence-corrected chi connectivity index (χ2v) is 6.41. The molecule has 1 aromatic rings. The number of aryl methyl sites for hydroxylation is 2. The highest BCUT2D eigenvalue weighted by Crippen LogP contribution is 2.15. The largest absolute Gasteiger partial charge is 0.345 e. The molecule has 0 radical (unpaired) electrons. The molecule has 0 bridgehead atoms. The number of aromatic amines is 1. The summed E-state index contributed by atoms with van der Waals surface area (Å²) in [6, 6.07) is 0. The van der Waals surface area contributed by atoms with Crippen molar-refractivity contribution in [1.82, 2.24) is 19.8 Å². The van der Waals surface area contributed by atoms with E-state index in [9.17, 15) is 9.59 Å². The Morgan fingerprint density at radius 2 is 2.18 bits per heavy atom. The van der Waals surface area contributed by atoms with Gasteiger partial charge in [0, 0.05) is 37.8 Å². The SMILES string of the molecule is Cc1nc(C)c(CCC(=O)N(C)CC2CCN(C)C2)c(=O)[nH]1. The van der Waals surface area contributed by atoms with Crippen molar-refractivity contribution in [3.8, 4) is 0 Å². The van der Waals surface area contributed by atoms with Gasteiger partial charge < -0.3 is 14.8 Å². The Balaban J connectivity index is 1.88. The lowest BCUT2D eigenvalue weighted by Gasteiger charge is -2.21. The minimum Gasteiger partial charge on any atom is -0.345 e. The first-order valence-corrected chi connectivity index (χ1v) is 7.85. The van der Waals surface area contributed by atoms with Gasteiger partial charge in [-0.1, -0.05) is 0 Å². The molecular formula is C16H26N4O2. The van der Waals surface area contributed by atoms with E-state index in [1.807, 2.05) is 14.0 Å². The number of H-pyrrole nitrogens is 1. The second-order valence-electron chi connectivity index (χ2n) is 6.41. The average molecular weight is 306 g/mol. The number of nitrogens with zero attached hydrogens (tertiary/aromatic N) is 3. The number of carbonyl (C=O) groups excluding carboxylic acids is 1. The van der Waals surface area contributed by atoms with Gasteiger partial charge in [-0.2, -0.15) is 0 Å². The Morgan fingerprint density at radius 3 is 2.77 bits per heavy atom. The van der Waals surface area contributed by atoms with Gasteiger partial charge in [-0.3, -0.25) is 9.59 Å². The number of aromatic nitrogens is 2. The lowest BCUT2D eigenvalue weighted by molar-refractivity contribution is -0.130. The first kappa shape index (κ1) is 16.7. The highest BCUT2D eigenvalue weighted by atomic mass is 16.2. The molecule has 6 heteroatoms. The fourth-order valence-electron chi connectivity index (χ4n) is 3.13. The normalized spacial score (nSPS) is 18.6. The number of carbonyl (C=O) groups is 1. The predicted octanol–water partition coefficient (Wildman–Crippen LogP) is 0.729. The summed E-state index contributed by atoms with van der Waals surface area (Å²) in [6.07, 6.45) is 1.95. The maximum absolute atomic E-state index is 12.3. The topological polar surface area (TPSA) is 69.3 Å². The van der Waals surface area contributed by atoms with Crippen molar-refractivity contribution in [1.29, 1.82) is 0 Å². The Hall–Kier alpha value is -1.69. The third-order valence-electron chi connectivity index (χ3n) is 4.38. The minimum absolute atomic E-state index is 0.0916. The molecule has 2 rings (SSSR count). The number of hydrogen-bond acceptors (Lipinski definition) is 4. The highest BCUT2D eigenvalue weighted by Gasteiger charge is 2.22. The van der Waals surface area contributed by atoms with Gasteiger partial charge in [0.2, 0.25) is 5.91 Å². The first-order valence-electron chi connectivity index (χ1n) is 7.85. The molecule has 6 nitrogen and oxygen atoms in total. The summed E-state index contributed by atoms with van der Waals surface area (Å²) in [4.78, 5) is 35.2. The molecule has 1 atom stereocenters. The molecule has 0 aromatic carbocycles. The molecule has 1 saturated heterocycles. The Morgan fingerprint density at radius 1 is 1.45 bits per heavy atom. The van der Waals surface area contributed by atoms with E-state index in [2.05, 4.69) is 21.9 Å². The average Bonchev–Trinajstić information content (AvgIpc) is 2.82. The molecule has 1 amide bonds. The van der Waals surface area contributed by atoms with E-state index in [0.717, 1.165) is 26.1 Å². The maximum Gasteiger partial charge on any atom is 0.254 e. The minimum atomic E-state index is -0.127. The monoisotopic (exact) mass is 306 g/mol. The zero-order valence-electron chi connectivity index (χ0n) is 14.0. The molecule has 122 valence electrons. The quantitative estimate of drug-likeness (QED) is 0.871. The Kier molecular flexibility index (Phi) is 5.34. The van der Waals surface area contributed by atoms with Crippen LogP contribution in [0.1, 0.15) is 29.9 Å². The van der Waals surface area contributed by atoms with Crippen LogP contribution in [0.25, 0.3) is 0 Å². The van der Waals surface area contributed by atoms with E-state index in [1.165, 1.54) is 0 Å². The van der Waals surface area contributed by atoms with Gasteiger partial charge in [-0.25, -0.2) is 4.98 Å². The fourth-order valence-corrected chi connectivity index (χ4v) is 3.13. The van der Waals surface area contributed by atoms with Crippen molar-refractivity contribution in [3.05, 3.63) is 27.4 Å². The second kappa shape index (κ2) is 7.05. The molecule has 0 aliphatic carbocycles. The predicted molar refractivity (Wildman–Crippen MR) is 85.9 cm³/mol. The standard InChI is InChI=1S/C16H26N4O2/c1-11-14(16(22)18-12(2)17-11)5-6-15(21)20(4)10-13-7-8-19(3)9-13/h13H,5-10H2,1-4H3,(H,17,18,22). The first-order chi connectivity index (χ1) is 10.4. The molecule has 0 spiro atoms. The zero-order chi connectivity index (χ0) is 16.3. The van der Waals surface area contributed by atoms with E-state index in [1.54, 1.807) is 11.8 Å². The van der Waals surface area contributed by atoms with Crippen LogP contribution in [0.2, 0.25) is 0 Å².